The van der Waals surface area contributed by atoms with Gasteiger partial charge in [0.2, 0.25) is 0 Å². The maximum Gasteiger partial charge on any atom is 0.340 e. The number of rotatable bonds is 5. The van der Waals surface area contributed by atoms with Gasteiger partial charge in [-0.3, -0.25) is 0 Å². The lowest BCUT2D eigenvalue weighted by Gasteiger charge is -2.34. The number of nitrogens with zero attached hydrogens (tertiary/aromatic N) is 2. The molecule has 0 radical (unpaired) electrons. The van der Waals surface area contributed by atoms with Crippen LogP contribution in [0.5, 0.6) is 0 Å². The van der Waals surface area contributed by atoms with Gasteiger partial charge in [0.05, 0.1) is 24.0 Å². The van der Waals surface area contributed by atoms with Gasteiger partial charge in [-0.2, -0.15) is 12.7 Å². The summed E-state index contributed by atoms with van der Waals surface area (Å²) in [6, 6.07) is 15.3. The lowest BCUT2D eigenvalue weighted by atomic mass is 10.1. The van der Waals surface area contributed by atoms with Gasteiger partial charge in [-0.15, -0.1) is 0 Å². The Balaban J connectivity index is 2.16. The number of ether oxygens (including phenoxy) is 1. The van der Waals surface area contributed by atoms with Crippen molar-refractivity contribution in [3.8, 4) is 0 Å². The lowest BCUT2D eigenvalue weighted by Crippen LogP contribution is -2.51. The molecule has 0 aromatic heterocycles. The van der Waals surface area contributed by atoms with Crippen LogP contribution in [-0.2, 0) is 14.9 Å². The third-order valence-electron chi connectivity index (χ3n) is 4.15. The molecule has 3 rings (SSSR count). The number of carbonyl (C=O) groups is 1. The van der Waals surface area contributed by atoms with Crippen LogP contribution >= 0.6 is 0 Å². The van der Waals surface area contributed by atoms with Crippen LogP contribution in [0, 0.1) is 0 Å². The summed E-state index contributed by atoms with van der Waals surface area (Å²) >= 11 is 0. The Labute approximate surface area is 153 Å². The predicted octanol–water partition coefficient (Wildman–Crippen LogP) is 1.76. The molecule has 8 heteroatoms. The third kappa shape index (κ3) is 3.57. The molecule has 0 unspecified atom stereocenters. The summed E-state index contributed by atoms with van der Waals surface area (Å²) < 4.78 is 34.3. The average Bonchev–Trinajstić information content (AvgIpc) is 2.69. The van der Waals surface area contributed by atoms with E-state index in [4.69, 9.17) is 4.74 Å². The smallest absolute Gasteiger partial charge is 0.340 e. The number of methoxy groups -OCH3 is 1. The van der Waals surface area contributed by atoms with Crippen LogP contribution in [0.25, 0.3) is 0 Å². The first-order valence-corrected chi connectivity index (χ1v) is 9.69. The van der Waals surface area contributed by atoms with Crippen molar-refractivity contribution in [1.29, 1.82) is 0 Å². The van der Waals surface area contributed by atoms with Crippen LogP contribution in [0.15, 0.2) is 54.6 Å². The second-order valence-corrected chi connectivity index (χ2v) is 7.54. The number of nitrogens with one attached hydrogen (secondary N) is 1. The first-order valence-electron chi connectivity index (χ1n) is 8.29. The van der Waals surface area contributed by atoms with Gasteiger partial charge in [0.15, 0.2) is 0 Å². The Morgan fingerprint density at radius 1 is 1.04 bits per heavy atom. The van der Waals surface area contributed by atoms with Gasteiger partial charge in [-0.1, -0.05) is 30.3 Å². The number of anilines is 2. The minimum Gasteiger partial charge on any atom is -0.465 e. The van der Waals surface area contributed by atoms with Crippen LogP contribution in [0.2, 0.25) is 0 Å². The molecule has 0 amide bonds. The first-order chi connectivity index (χ1) is 12.6. The fourth-order valence-corrected chi connectivity index (χ4v) is 4.55. The maximum absolute atomic E-state index is 13.4. The van der Waals surface area contributed by atoms with E-state index in [2.05, 4.69) is 5.32 Å². The number of para-hydroxylation sites is 2. The summed E-state index contributed by atoms with van der Waals surface area (Å²) in [5, 5.41) is 3.15. The highest BCUT2D eigenvalue weighted by Gasteiger charge is 2.34. The summed E-state index contributed by atoms with van der Waals surface area (Å²) in [5.74, 6) is -0.586. The largest absolute Gasteiger partial charge is 0.465 e. The van der Waals surface area contributed by atoms with Crippen molar-refractivity contribution in [2.75, 3.05) is 37.6 Å². The van der Waals surface area contributed by atoms with Crippen molar-refractivity contribution in [2.45, 2.75) is 0 Å². The third-order valence-corrected chi connectivity index (χ3v) is 6.04. The van der Waals surface area contributed by atoms with E-state index in [-0.39, 0.29) is 11.3 Å². The molecule has 2 aromatic carbocycles. The summed E-state index contributed by atoms with van der Waals surface area (Å²) in [6.07, 6.45) is 0. The molecule has 1 aliphatic heterocycles. The van der Waals surface area contributed by atoms with Crippen LogP contribution in [-0.4, -0.2) is 52.0 Å². The van der Waals surface area contributed by atoms with Gasteiger partial charge in [0.1, 0.15) is 0 Å². The van der Waals surface area contributed by atoms with Gasteiger partial charge in [-0.25, -0.2) is 9.10 Å². The molecule has 1 heterocycles. The zero-order valence-corrected chi connectivity index (χ0v) is 15.3. The van der Waals surface area contributed by atoms with E-state index in [1.807, 2.05) is 6.07 Å². The molecule has 0 spiro atoms. The molecule has 7 nitrogen and oxygen atoms in total. The van der Waals surface area contributed by atoms with E-state index < -0.39 is 16.2 Å². The highest BCUT2D eigenvalue weighted by molar-refractivity contribution is 7.90. The number of benzene rings is 2. The molecular formula is C18H21N3O4S. The molecule has 26 heavy (non-hydrogen) atoms. The molecule has 1 N–H and O–H groups in total. The Hall–Kier alpha value is -2.42. The highest BCUT2D eigenvalue weighted by Crippen LogP contribution is 2.33. The Bertz CT molecular complexity index is 865. The molecular weight excluding hydrogens is 354 g/mol. The molecule has 0 atom stereocenters. The Morgan fingerprint density at radius 3 is 2.31 bits per heavy atom. The van der Waals surface area contributed by atoms with Crippen molar-refractivity contribution >= 4 is 27.6 Å². The molecule has 0 saturated carbocycles. The van der Waals surface area contributed by atoms with Crippen LogP contribution < -0.4 is 9.62 Å². The van der Waals surface area contributed by atoms with Crippen molar-refractivity contribution < 1.29 is 17.9 Å². The van der Waals surface area contributed by atoms with Crippen molar-refractivity contribution in [1.82, 2.24) is 9.62 Å². The second-order valence-electron chi connectivity index (χ2n) is 5.77. The number of esters is 1. The van der Waals surface area contributed by atoms with E-state index in [0.717, 1.165) is 0 Å². The van der Waals surface area contributed by atoms with Gasteiger partial charge in [-0.05, 0) is 24.3 Å². The van der Waals surface area contributed by atoms with Gasteiger partial charge in [0, 0.05) is 26.2 Å². The number of hydrogen-bond acceptors (Lipinski definition) is 5. The standard InChI is InChI=1S/C18H21N3O4S/c1-25-18(22)16-9-5-6-10-17(16)21(15-7-3-2-4-8-15)26(23,24)20-13-11-19-12-14-20/h2-10,19H,11-14H2,1H3. The SMILES string of the molecule is COC(=O)c1ccccc1N(c1ccccc1)S(=O)(=O)N1CCNCC1. The fraction of sp³-hybridized carbons (Fsp3) is 0.278. The Morgan fingerprint density at radius 2 is 1.65 bits per heavy atom. The van der Waals surface area contributed by atoms with E-state index in [1.165, 1.54) is 15.7 Å². The summed E-state index contributed by atoms with van der Waals surface area (Å²) in [6.45, 7) is 1.90. The quantitative estimate of drug-likeness (QED) is 0.806. The van der Waals surface area contributed by atoms with Crippen LogP contribution in [0.1, 0.15) is 10.4 Å². The molecule has 1 fully saturated rings. The highest BCUT2D eigenvalue weighted by atomic mass is 32.2. The second kappa shape index (κ2) is 7.86. The normalized spacial score (nSPS) is 15.4. The minimum absolute atomic E-state index is 0.192. The van der Waals surface area contributed by atoms with Crippen molar-refractivity contribution in [3.63, 3.8) is 0 Å². The van der Waals surface area contributed by atoms with Gasteiger partial charge >= 0.3 is 16.2 Å². The van der Waals surface area contributed by atoms with E-state index in [9.17, 15) is 13.2 Å². The predicted molar refractivity (Wildman–Crippen MR) is 99.7 cm³/mol. The lowest BCUT2D eigenvalue weighted by molar-refractivity contribution is 0.0602. The van der Waals surface area contributed by atoms with Gasteiger partial charge in [0.25, 0.3) is 0 Å². The fourth-order valence-electron chi connectivity index (χ4n) is 2.88. The van der Waals surface area contributed by atoms with Crippen molar-refractivity contribution in [3.05, 3.63) is 60.2 Å². The molecule has 0 aliphatic carbocycles. The summed E-state index contributed by atoms with van der Waals surface area (Å²) in [7, 11) is -2.60. The summed E-state index contributed by atoms with van der Waals surface area (Å²) in [5.41, 5.74) is 0.920. The molecule has 1 saturated heterocycles. The molecule has 138 valence electrons. The minimum atomic E-state index is -3.88. The zero-order valence-electron chi connectivity index (χ0n) is 14.5. The summed E-state index contributed by atoms with van der Waals surface area (Å²) in [4.78, 5) is 12.2. The first kappa shape index (κ1) is 18.4. The van der Waals surface area contributed by atoms with Gasteiger partial charge < -0.3 is 10.1 Å². The number of carbonyl (C=O) groups excluding carboxylic acids is 1. The van der Waals surface area contributed by atoms with Crippen LogP contribution in [0.4, 0.5) is 11.4 Å². The number of hydrogen-bond donors (Lipinski definition) is 1. The monoisotopic (exact) mass is 375 g/mol. The average molecular weight is 375 g/mol. The molecule has 2 aromatic rings. The molecule has 0 bridgehead atoms. The van der Waals surface area contributed by atoms with Crippen molar-refractivity contribution in [2.24, 2.45) is 0 Å². The van der Waals surface area contributed by atoms with Crippen LogP contribution in [0.3, 0.4) is 0 Å². The maximum atomic E-state index is 13.4. The molecule has 1 aliphatic rings. The van der Waals surface area contributed by atoms with E-state index in [0.29, 0.717) is 31.9 Å². The topological polar surface area (TPSA) is 79.0 Å². The Kier molecular flexibility index (Phi) is 5.55. The number of piperazine rings is 1. The zero-order chi connectivity index (χ0) is 18.6. The van der Waals surface area contributed by atoms with E-state index >= 15 is 0 Å². The van der Waals surface area contributed by atoms with E-state index in [1.54, 1.807) is 48.5 Å².